The number of thiophene rings is 1. The Hall–Kier alpha value is -0.860. The van der Waals surface area contributed by atoms with Crippen LogP contribution in [0.5, 0.6) is 0 Å². The summed E-state index contributed by atoms with van der Waals surface area (Å²) in [5.41, 5.74) is 2.66. The summed E-state index contributed by atoms with van der Waals surface area (Å²) in [7, 11) is 3.43. The molecular formula is C12H13OS. The molecule has 0 saturated carbocycles. The second kappa shape index (κ2) is 4.11. The lowest BCUT2D eigenvalue weighted by Crippen LogP contribution is -1.87. The molecule has 0 spiro atoms. The van der Waals surface area contributed by atoms with Crippen LogP contribution in [0.15, 0.2) is 23.6 Å². The summed E-state index contributed by atoms with van der Waals surface area (Å²) in [6.07, 6.45) is 1.07. The maximum atomic E-state index is 4.95. The van der Waals surface area contributed by atoms with Gasteiger partial charge in [-0.05, 0) is 29.0 Å². The van der Waals surface area contributed by atoms with Gasteiger partial charge < -0.3 is 4.74 Å². The van der Waals surface area contributed by atoms with Gasteiger partial charge in [-0.25, -0.2) is 0 Å². The molecule has 0 aliphatic heterocycles. The predicted octanol–water partition coefficient (Wildman–Crippen LogP) is 3.77. The van der Waals surface area contributed by atoms with Gasteiger partial charge in [0, 0.05) is 10.1 Å². The Balaban J connectivity index is 2.62. The van der Waals surface area contributed by atoms with Crippen LogP contribution in [0.25, 0.3) is 10.1 Å². The first-order valence-corrected chi connectivity index (χ1v) is 5.59. The highest BCUT2D eigenvalue weighted by Gasteiger charge is 2.06. The van der Waals surface area contributed by atoms with Crippen molar-refractivity contribution in [3.8, 4) is 0 Å². The van der Waals surface area contributed by atoms with E-state index >= 15 is 0 Å². The maximum Gasteiger partial charge on any atom is 0.0732 e. The fourth-order valence-electron chi connectivity index (χ4n) is 1.74. The summed E-state index contributed by atoms with van der Waals surface area (Å²) in [6.45, 7) is 2.79. The summed E-state index contributed by atoms with van der Waals surface area (Å²) in [5.74, 6) is 0. The van der Waals surface area contributed by atoms with Crippen LogP contribution >= 0.6 is 11.3 Å². The lowest BCUT2D eigenvalue weighted by molar-refractivity contribution is 0.230. The third kappa shape index (κ3) is 1.56. The molecule has 1 radical (unpaired) electrons. The molecule has 0 aliphatic carbocycles. The van der Waals surface area contributed by atoms with Crippen molar-refractivity contribution in [2.45, 2.75) is 20.0 Å². The van der Waals surface area contributed by atoms with Crippen molar-refractivity contribution in [1.29, 1.82) is 0 Å². The zero-order valence-electron chi connectivity index (χ0n) is 8.25. The van der Waals surface area contributed by atoms with E-state index in [-0.39, 0.29) is 0 Å². The van der Waals surface area contributed by atoms with Crippen molar-refractivity contribution < 1.29 is 4.74 Å². The van der Waals surface area contributed by atoms with E-state index in [1.165, 1.54) is 21.2 Å². The van der Waals surface area contributed by atoms with E-state index in [9.17, 15) is 0 Å². The standard InChI is InChI=1S/C12H13OS/c1-3-9-5-4-6-11-12(9)10(7-13-2)8-14-11/h4-6,8H,2-3,7H2,1H3. The van der Waals surface area contributed by atoms with Crippen molar-refractivity contribution in [3.05, 3.63) is 41.8 Å². The van der Waals surface area contributed by atoms with Crippen molar-refractivity contribution in [2.75, 3.05) is 0 Å². The third-order valence-corrected chi connectivity index (χ3v) is 3.40. The first-order valence-electron chi connectivity index (χ1n) is 4.71. The van der Waals surface area contributed by atoms with Gasteiger partial charge in [-0.3, -0.25) is 0 Å². The van der Waals surface area contributed by atoms with Crippen LogP contribution in [0.2, 0.25) is 0 Å². The molecule has 0 aliphatic rings. The molecule has 0 unspecified atom stereocenters. The molecule has 2 rings (SSSR count). The average molecular weight is 205 g/mol. The predicted molar refractivity (Wildman–Crippen MR) is 61.3 cm³/mol. The highest BCUT2D eigenvalue weighted by Crippen LogP contribution is 2.29. The van der Waals surface area contributed by atoms with Gasteiger partial charge in [0.05, 0.1) is 13.7 Å². The largest absolute Gasteiger partial charge is 0.374 e. The van der Waals surface area contributed by atoms with E-state index in [1.807, 2.05) is 0 Å². The molecular weight excluding hydrogens is 192 g/mol. The zero-order valence-corrected chi connectivity index (χ0v) is 9.06. The SMILES string of the molecule is [CH2]OCc1csc2cccc(CC)c12. The molecule has 0 saturated heterocycles. The van der Waals surface area contributed by atoms with Gasteiger partial charge in [0.15, 0.2) is 0 Å². The number of ether oxygens (including phenoxy) is 1. The normalized spacial score (nSPS) is 11.0. The fraction of sp³-hybridized carbons (Fsp3) is 0.250. The number of hydrogen-bond donors (Lipinski definition) is 0. The minimum Gasteiger partial charge on any atom is -0.374 e. The van der Waals surface area contributed by atoms with E-state index in [0.717, 1.165) is 6.42 Å². The Kier molecular flexibility index (Phi) is 2.85. The molecule has 1 aromatic heterocycles. The van der Waals surface area contributed by atoms with Crippen LogP contribution in [0.4, 0.5) is 0 Å². The van der Waals surface area contributed by atoms with E-state index in [0.29, 0.717) is 6.61 Å². The second-order valence-corrected chi connectivity index (χ2v) is 4.16. The number of rotatable bonds is 3. The monoisotopic (exact) mass is 205 g/mol. The Morgan fingerprint density at radius 2 is 2.21 bits per heavy atom. The van der Waals surface area contributed by atoms with Crippen LogP contribution < -0.4 is 0 Å². The fourth-order valence-corrected chi connectivity index (χ4v) is 2.74. The molecule has 2 heteroatoms. The van der Waals surface area contributed by atoms with Crippen molar-refractivity contribution >= 4 is 21.4 Å². The average Bonchev–Trinajstić information content (AvgIpc) is 2.62. The van der Waals surface area contributed by atoms with Gasteiger partial charge in [-0.1, -0.05) is 19.1 Å². The van der Waals surface area contributed by atoms with Crippen LogP contribution in [-0.4, -0.2) is 0 Å². The molecule has 0 N–H and O–H groups in total. The third-order valence-electron chi connectivity index (χ3n) is 2.40. The smallest absolute Gasteiger partial charge is 0.0732 e. The highest BCUT2D eigenvalue weighted by molar-refractivity contribution is 7.17. The van der Waals surface area contributed by atoms with E-state index in [4.69, 9.17) is 4.74 Å². The molecule has 1 heterocycles. The Labute approximate surface area is 88.3 Å². The van der Waals surface area contributed by atoms with Gasteiger partial charge in [-0.15, -0.1) is 11.3 Å². The Morgan fingerprint density at radius 3 is 2.93 bits per heavy atom. The number of benzene rings is 1. The topological polar surface area (TPSA) is 9.23 Å². The number of fused-ring (bicyclic) bond motifs is 1. The molecule has 0 amide bonds. The lowest BCUT2D eigenvalue weighted by atomic mass is 10.1. The second-order valence-electron chi connectivity index (χ2n) is 3.25. The zero-order chi connectivity index (χ0) is 9.97. The number of aryl methyl sites for hydroxylation is 1. The van der Waals surface area contributed by atoms with Gasteiger partial charge >= 0.3 is 0 Å². The highest BCUT2D eigenvalue weighted by atomic mass is 32.1. The Bertz CT molecular complexity index is 431. The summed E-state index contributed by atoms with van der Waals surface area (Å²) in [4.78, 5) is 0. The van der Waals surface area contributed by atoms with Gasteiger partial charge in [-0.2, -0.15) is 0 Å². The molecule has 14 heavy (non-hydrogen) atoms. The molecule has 1 nitrogen and oxygen atoms in total. The first-order chi connectivity index (χ1) is 6.86. The molecule has 1 aromatic carbocycles. The minimum atomic E-state index is 0.608. The maximum absolute atomic E-state index is 4.95. The molecule has 0 fully saturated rings. The van der Waals surface area contributed by atoms with Gasteiger partial charge in [0.25, 0.3) is 0 Å². The number of hydrogen-bond acceptors (Lipinski definition) is 2. The minimum absolute atomic E-state index is 0.608. The summed E-state index contributed by atoms with van der Waals surface area (Å²) < 4.78 is 6.29. The van der Waals surface area contributed by atoms with Crippen LogP contribution in [0.3, 0.4) is 0 Å². The molecule has 2 aromatic rings. The summed E-state index contributed by atoms with van der Waals surface area (Å²) >= 11 is 1.78. The van der Waals surface area contributed by atoms with E-state index in [1.54, 1.807) is 11.3 Å². The van der Waals surface area contributed by atoms with Crippen molar-refractivity contribution in [3.63, 3.8) is 0 Å². The summed E-state index contributed by atoms with van der Waals surface area (Å²) in [5, 5.41) is 3.53. The Morgan fingerprint density at radius 1 is 1.36 bits per heavy atom. The molecule has 0 atom stereocenters. The van der Waals surface area contributed by atoms with Crippen LogP contribution in [-0.2, 0) is 17.8 Å². The van der Waals surface area contributed by atoms with Crippen LogP contribution in [0, 0.1) is 7.11 Å². The summed E-state index contributed by atoms with van der Waals surface area (Å²) in [6, 6.07) is 6.46. The van der Waals surface area contributed by atoms with Gasteiger partial charge in [0.1, 0.15) is 0 Å². The van der Waals surface area contributed by atoms with Crippen LogP contribution in [0.1, 0.15) is 18.1 Å². The van der Waals surface area contributed by atoms with Crippen molar-refractivity contribution in [2.24, 2.45) is 0 Å². The van der Waals surface area contributed by atoms with E-state index in [2.05, 4.69) is 37.6 Å². The molecule has 73 valence electrons. The van der Waals surface area contributed by atoms with E-state index < -0.39 is 0 Å². The quantitative estimate of drug-likeness (QED) is 0.741. The van der Waals surface area contributed by atoms with Gasteiger partial charge in [0.2, 0.25) is 0 Å². The first kappa shape index (κ1) is 9.69. The van der Waals surface area contributed by atoms with Crippen molar-refractivity contribution in [1.82, 2.24) is 0 Å². The lowest BCUT2D eigenvalue weighted by Gasteiger charge is -2.02. The molecule has 0 bridgehead atoms.